The first-order chi connectivity index (χ1) is 14.1. The van der Waals surface area contributed by atoms with Gasteiger partial charge < -0.3 is 25.4 Å². The Bertz CT molecular complexity index is 628. The minimum atomic E-state index is -3.38. The summed E-state index contributed by atoms with van der Waals surface area (Å²) >= 11 is 0. The van der Waals surface area contributed by atoms with Gasteiger partial charge in [-0.05, 0) is 53.4 Å². The number of rotatable bonds is 11. The zero-order valence-corrected chi connectivity index (χ0v) is 19.6. The highest BCUT2D eigenvalue weighted by molar-refractivity contribution is 7.89. The lowest BCUT2D eigenvalue weighted by Gasteiger charge is -2.22. The molecule has 0 spiro atoms. The van der Waals surface area contributed by atoms with Gasteiger partial charge in [-0.2, -0.15) is 0 Å². The average Bonchev–Trinajstić information content (AvgIpc) is 2.65. The van der Waals surface area contributed by atoms with Crippen molar-refractivity contribution in [1.82, 2.24) is 20.7 Å². The largest absolute Gasteiger partial charge is 0.444 e. The molecule has 0 aliphatic carbocycles. The summed E-state index contributed by atoms with van der Waals surface area (Å²) in [6.45, 7) is 10.2. The highest BCUT2D eigenvalue weighted by atomic mass is 32.2. The van der Waals surface area contributed by atoms with Gasteiger partial charge in [-0.1, -0.05) is 0 Å². The maximum absolute atomic E-state index is 12.2. The number of hydrogen-bond acceptors (Lipinski definition) is 6. The van der Waals surface area contributed by atoms with Crippen molar-refractivity contribution in [3.8, 4) is 0 Å². The summed E-state index contributed by atoms with van der Waals surface area (Å²) in [6.07, 6.45) is 3.15. The number of hydrogen-bond donors (Lipinski definition) is 4. The molecule has 1 fully saturated rings. The number of ether oxygens (including phenoxy) is 2. The normalized spacial score (nSPS) is 18.0. The maximum Gasteiger partial charge on any atom is 0.407 e. The van der Waals surface area contributed by atoms with E-state index in [-0.39, 0.29) is 18.4 Å². The lowest BCUT2D eigenvalue weighted by atomic mass is 10.1. The van der Waals surface area contributed by atoms with Gasteiger partial charge in [-0.25, -0.2) is 17.9 Å². The van der Waals surface area contributed by atoms with E-state index in [1.54, 1.807) is 0 Å². The monoisotopic (exact) mass is 449 g/mol. The smallest absolute Gasteiger partial charge is 0.407 e. The Kier molecular flexibility index (Phi) is 12.0. The first-order valence-electron chi connectivity index (χ1n) is 10.7. The molecule has 0 aromatic rings. The SMILES string of the molecule is CCNC(=NCCCNC(=O)OC(C)(C)C)NCCS(=O)(=O)NCC1CCCCO1. The number of alkyl carbamates (subject to hydrolysis) is 1. The van der Waals surface area contributed by atoms with Crippen molar-refractivity contribution < 1.29 is 22.7 Å². The third-order valence-electron chi connectivity index (χ3n) is 4.09. The minimum absolute atomic E-state index is 0.0327. The van der Waals surface area contributed by atoms with Crippen LogP contribution in [0.25, 0.3) is 0 Å². The van der Waals surface area contributed by atoms with Crippen molar-refractivity contribution >= 4 is 22.1 Å². The first kappa shape index (κ1) is 26.4. The highest BCUT2D eigenvalue weighted by Gasteiger charge is 2.18. The predicted molar refractivity (Wildman–Crippen MR) is 118 cm³/mol. The standard InChI is InChI=1S/C19H39N5O5S/c1-5-20-17(21-10-8-11-23-18(25)29-19(2,3)4)22-12-14-30(26,27)24-15-16-9-6-7-13-28-16/h16,24H,5-15H2,1-4H3,(H,23,25)(H2,20,21,22). The predicted octanol–water partition coefficient (Wildman–Crippen LogP) is 0.945. The second kappa shape index (κ2) is 13.7. The van der Waals surface area contributed by atoms with E-state index in [2.05, 4.69) is 25.7 Å². The highest BCUT2D eigenvalue weighted by Crippen LogP contribution is 2.11. The lowest BCUT2D eigenvalue weighted by Crippen LogP contribution is -2.42. The molecule has 0 aromatic carbocycles. The Morgan fingerprint density at radius 3 is 2.57 bits per heavy atom. The summed E-state index contributed by atoms with van der Waals surface area (Å²) in [4.78, 5) is 16.0. The van der Waals surface area contributed by atoms with Crippen LogP contribution >= 0.6 is 0 Å². The summed E-state index contributed by atoms with van der Waals surface area (Å²) in [5.41, 5.74) is -0.525. The van der Waals surface area contributed by atoms with Gasteiger partial charge in [-0.3, -0.25) is 4.99 Å². The number of nitrogens with zero attached hydrogens (tertiary/aromatic N) is 1. The van der Waals surface area contributed by atoms with E-state index < -0.39 is 21.7 Å². The fourth-order valence-electron chi connectivity index (χ4n) is 2.68. The molecule has 30 heavy (non-hydrogen) atoms. The molecule has 0 saturated carbocycles. The Balaban J connectivity index is 2.27. The molecule has 1 aliphatic heterocycles. The van der Waals surface area contributed by atoms with Gasteiger partial charge in [0, 0.05) is 39.3 Å². The van der Waals surface area contributed by atoms with Gasteiger partial charge in [0.1, 0.15) is 5.60 Å². The van der Waals surface area contributed by atoms with Crippen LogP contribution in [0, 0.1) is 0 Å². The molecule has 176 valence electrons. The Morgan fingerprint density at radius 1 is 1.17 bits per heavy atom. The number of carbonyl (C=O) groups is 1. The number of nitrogens with one attached hydrogen (secondary N) is 4. The van der Waals surface area contributed by atoms with Gasteiger partial charge in [0.05, 0.1) is 11.9 Å². The van der Waals surface area contributed by atoms with E-state index in [1.165, 1.54) is 0 Å². The summed E-state index contributed by atoms with van der Waals surface area (Å²) in [7, 11) is -3.38. The molecule has 1 heterocycles. The van der Waals surface area contributed by atoms with E-state index in [0.717, 1.165) is 19.3 Å². The van der Waals surface area contributed by atoms with Crippen molar-refractivity contribution in [3.05, 3.63) is 0 Å². The van der Waals surface area contributed by atoms with Crippen molar-refractivity contribution in [3.63, 3.8) is 0 Å². The maximum atomic E-state index is 12.2. The van der Waals surface area contributed by atoms with E-state index in [9.17, 15) is 13.2 Å². The summed E-state index contributed by atoms with van der Waals surface area (Å²) in [5.74, 6) is 0.491. The second-order valence-corrected chi connectivity index (χ2v) is 10.1. The fraction of sp³-hybridized carbons (Fsp3) is 0.895. The van der Waals surface area contributed by atoms with Crippen molar-refractivity contribution in [2.45, 2.75) is 65.1 Å². The molecule has 11 heteroatoms. The quantitative estimate of drug-likeness (QED) is 0.210. The molecule has 0 radical (unpaired) electrons. The van der Waals surface area contributed by atoms with Crippen molar-refractivity contribution in [2.75, 3.05) is 45.1 Å². The second-order valence-electron chi connectivity index (χ2n) is 8.13. The molecule has 1 amide bonds. The first-order valence-corrected chi connectivity index (χ1v) is 12.3. The van der Waals surface area contributed by atoms with Crippen LogP contribution in [0.1, 0.15) is 53.4 Å². The molecule has 10 nitrogen and oxygen atoms in total. The molecule has 1 aliphatic rings. The number of aliphatic imine (C=N–C) groups is 1. The van der Waals surface area contributed by atoms with E-state index >= 15 is 0 Å². The van der Waals surface area contributed by atoms with E-state index in [0.29, 0.717) is 45.2 Å². The zero-order chi connectivity index (χ0) is 22.5. The van der Waals surface area contributed by atoms with Gasteiger partial charge >= 0.3 is 6.09 Å². The van der Waals surface area contributed by atoms with Gasteiger partial charge in [0.25, 0.3) is 0 Å². The lowest BCUT2D eigenvalue weighted by molar-refractivity contribution is 0.0200. The van der Waals surface area contributed by atoms with Crippen molar-refractivity contribution in [1.29, 1.82) is 0 Å². The Morgan fingerprint density at radius 2 is 1.93 bits per heavy atom. The van der Waals surface area contributed by atoms with Gasteiger partial charge in [0.2, 0.25) is 10.0 Å². The molecule has 0 aromatic heterocycles. The van der Waals surface area contributed by atoms with Crippen LogP contribution in [0.3, 0.4) is 0 Å². The van der Waals surface area contributed by atoms with Crippen LogP contribution < -0.4 is 20.7 Å². The van der Waals surface area contributed by atoms with Crippen LogP contribution in [0.4, 0.5) is 4.79 Å². The Hall–Kier alpha value is -1.59. The molecule has 4 N–H and O–H groups in total. The molecular formula is C19H39N5O5S. The summed E-state index contributed by atoms with van der Waals surface area (Å²) in [6, 6.07) is 0. The Labute approximate surface area is 181 Å². The van der Waals surface area contributed by atoms with Crippen LogP contribution in [0.5, 0.6) is 0 Å². The number of amides is 1. The topological polar surface area (TPSA) is 130 Å². The molecule has 0 bridgehead atoms. The van der Waals surface area contributed by atoms with Gasteiger partial charge in [-0.15, -0.1) is 0 Å². The third-order valence-corrected chi connectivity index (χ3v) is 5.43. The third kappa shape index (κ3) is 13.6. The van der Waals surface area contributed by atoms with Crippen LogP contribution in [-0.2, 0) is 19.5 Å². The number of sulfonamides is 1. The van der Waals surface area contributed by atoms with Crippen LogP contribution in [0.2, 0.25) is 0 Å². The molecule has 1 saturated heterocycles. The van der Waals surface area contributed by atoms with E-state index in [1.807, 2.05) is 27.7 Å². The fourth-order valence-corrected chi connectivity index (χ4v) is 3.64. The summed E-state index contributed by atoms with van der Waals surface area (Å²) < 4.78 is 37.6. The molecule has 1 atom stereocenters. The minimum Gasteiger partial charge on any atom is -0.444 e. The zero-order valence-electron chi connectivity index (χ0n) is 18.8. The van der Waals surface area contributed by atoms with Gasteiger partial charge in [0.15, 0.2) is 5.96 Å². The van der Waals surface area contributed by atoms with Crippen LogP contribution in [0.15, 0.2) is 4.99 Å². The van der Waals surface area contributed by atoms with Crippen LogP contribution in [-0.4, -0.2) is 77.3 Å². The number of guanidine groups is 1. The number of carbonyl (C=O) groups excluding carboxylic acids is 1. The van der Waals surface area contributed by atoms with E-state index in [4.69, 9.17) is 9.47 Å². The summed E-state index contributed by atoms with van der Waals surface area (Å²) in [5, 5.41) is 8.78. The molecule has 1 rings (SSSR count). The molecule has 1 unspecified atom stereocenters. The van der Waals surface area contributed by atoms with Crippen molar-refractivity contribution in [2.24, 2.45) is 4.99 Å². The molecular weight excluding hydrogens is 410 g/mol. The average molecular weight is 450 g/mol.